The summed E-state index contributed by atoms with van der Waals surface area (Å²) in [5.41, 5.74) is 2.01. The first-order valence-corrected chi connectivity index (χ1v) is 14.2. The summed E-state index contributed by atoms with van der Waals surface area (Å²) in [6.07, 6.45) is 9.57. The van der Waals surface area contributed by atoms with Crippen LogP contribution in [0.3, 0.4) is 0 Å². The van der Waals surface area contributed by atoms with Gasteiger partial charge in [-0.3, -0.25) is 14.1 Å². The minimum absolute atomic E-state index is 0.0567. The number of carbonyl (C=O) groups excluding carboxylic acids is 1. The summed E-state index contributed by atoms with van der Waals surface area (Å²) in [6.45, 7) is 6.75. The van der Waals surface area contributed by atoms with Crippen LogP contribution in [0.5, 0.6) is 0 Å². The van der Waals surface area contributed by atoms with Gasteiger partial charge < -0.3 is 15.0 Å². The highest BCUT2D eigenvalue weighted by atomic mass is 16.5. The van der Waals surface area contributed by atoms with Crippen molar-refractivity contribution in [3.8, 4) is 0 Å². The van der Waals surface area contributed by atoms with Crippen LogP contribution in [-0.2, 0) is 9.53 Å². The molecule has 0 radical (unpaired) electrons. The Labute approximate surface area is 218 Å². The predicted molar refractivity (Wildman–Crippen MR) is 144 cm³/mol. The molecule has 1 amide bonds. The Morgan fingerprint density at radius 1 is 0.946 bits per heavy atom. The van der Waals surface area contributed by atoms with E-state index in [1.807, 2.05) is 18.2 Å². The van der Waals surface area contributed by atoms with Crippen molar-refractivity contribution in [1.82, 2.24) is 24.6 Å². The maximum Gasteiger partial charge on any atom is 0.236 e. The van der Waals surface area contributed by atoms with E-state index in [0.717, 1.165) is 92.4 Å². The third-order valence-corrected chi connectivity index (χ3v) is 9.46. The number of ether oxygens (including phenoxy) is 1. The number of anilines is 1. The standard InChI is InChI=1S/C29H38N6O2/c36-27(29-18-21-15-22(19-29)17-23(16-21)20-29)30-6-13-37-14-12-33-8-10-34(11-9-33)26-5-7-35-25-4-2-1-3-24(25)31-28(35)32-26/h1-5,7,21-23H,6,8-20H2,(H,30,36). The molecule has 3 aromatic rings. The Morgan fingerprint density at radius 2 is 1.68 bits per heavy atom. The van der Waals surface area contributed by atoms with E-state index in [9.17, 15) is 4.79 Å². The normalized spacial score (nSPS) is 29.4. The van der Waals surface area contributed by atoms with Gasteiger partial charge in [0.15, 0.2) is 0 Å². The molecule has 8 rings (SSSR count). The molecule has 8 nitrogen and oxygen atoms in total. The molecule has 5 aliphatic rings. The molecule has 5 fully saturated rings. The number of amides is 1. The number of hydrogen-bond acceptors (Lipinski definition) is 6. The molecule has 4 aliphatic carbocycles. The molecular formula is C29H38N6O2. The van der Waals surface area contributed by atoms with Crippen molar-refractivity contribution in [2.45, 2.75) is 38.5 Å². The molecule has 1 aromatic carbocycles. The van der Waals surface area contributed by atoms with Crippen molar-refractivity contribution in [2.24, 2.45) is 23.2 Å². The van der Waals surface area contributed by atoms with Gasteiger partial charge in [-0.25, -0.2) is 4.98 Å². The van der Waals surface area contributed by atoms with Crippen molar-refractivity contribution in [3.05, 3.63) is 36.5 Å². The molecule has 1 aliphatic heterocycles. The second kappa shape index (κ2) is 9.55. The summed E-state index contributed by atoms with van der Waals surface area (Å²) < 4.78 is 7.95. The number of hydrogen-bond donors (Lipinski definition) is 1. The molecule has 4 saturated carbocycles. The highest BCUT2D eigenvalue weighted by molar-refractivity contribution is 5.83. The van der Waals surface area contributed by atoms with Gasteiger partial charge in [-0.05, 0) is 74.5 Å². The average molecular weight is 503 g/mol. The zero-order chi connectivity index (χ0) is 24.8. The largest absolute Gasteiger partial charge is 0.378 e. The summed E-state index contributed by atoms with van der Waals surface area (Å²) >= 11 is 0. The van der Waals surface area contributed by atoms with Crippen molar-refractivity contribution >= 4 is 28.5 Å². The fraction of sp³-hybridized carbons (Fsp3) is 0.621. The van der Waals surface area contributed by atoms with Gasteiger partial charge in [0, 0.05) is 50.9 Å². The lowest BCUT2D eigenvalue weighted by Gasteiger charge is -2.55. The Bertz CT molecular complexity index is 1240. The lowest BCUT2D eigenvalue weighted by Crippen LogP contribution is -2.54. The number of rotatable bonds is 8. The van der Waals surface area contributed by atoms with Crippen LogP contribution in [0.25, 0.3) is 16.8 Å². The van der Waals surface area contributed by atoms with Gasteiger partial charge in [-0.15, -0.1) is 0 Å². The number of aromatic nitrogens is 3. The molecule has 4 bridgehead atoms. The lowest BCUT2D eigenvalue weighted by atomic mass is 9.49. The fourth-order valence-corrected chi connectivity index (χ4v) is 8.02. The second-order valence-corrected chi connectivity index (χ2v) is 12.0. The monoisotopic (exact) mass is 502 g/mol. The maximum absolute atomic E-state index is 13.1. The summed E-state index contributed by atoms with van der Waals surface area (Å²) in [6, 6.07) is 10.2. The molecule has 2 aromatic heterocycles. The van der Waals surface area contributed by atoms with Crippen molar-refractivity contribution in [1.29, 1.82) is 0 Å². The molecule has 37 heavy (non-hydrogen) atoms. The highest BCUT2D eigenvalue weighted by Crippen LogP contribution is 2.60. The van der Waals surface area contributed by atoms with E-state index in [1.165, 1.54) is 19.3 Å². The first kappa shape index (κ1) is 23.4. The molecule has 3 heterocycles. The minimum Gasteiger partial charge on any atom is -0.378 e. The molecule has 1 saturated heterocycles. The number of piperazine rings is 1. The Morgan fingerprint density at radius 3 is 2.43 bits per heavy atom. The van der Waals surface area contributed by atoms with Crippen LogP contribution in [0.15, 0.2) is 36.5 Å². The van der Waals surface area contributed by atoms with Gasteiger partial charge >= 0.3 is 0 Å². The van der Waals surface area contributed by atoms with Crippen molar-refractivity contribution < 1.29 is 9.53 Å². The van der Waals surface area contributed by atoms with E-state index in [1.54, 1.807) is 0 Å². The maximum atomic E-state index is 13.1. The van der Waals surface area contributed by atoms with Gasteiger partial charge in [0.2, 0.25) is 11.7 Å². The van der Waals surface area contributed by atoms with Crippen molar-refractivity contribution in [3.63, 3.8) is 0 Å². The van der Waals surface area contributed by atoms with Crippen LogP contribution in [0.4, 0.5) is 5.82 Å². The van der Waals surface area contributed by atoms with E-state index < -0.39 is 0 Å². The van der Waals surface area contributed by atoms with Gasteiger partial charge in [0.1, 0.15) is 5.82 Å². The number of fused-ring (bicyclic) bond motifs is 3. The number of nitrogens with zero attached hydrogens (tertiary/aromatic N) is 5. The molecule has 0 spiro atoms. The second-order valence-electron chi connectivity index (χ2n) is 12.0. The molecule has 196 valence electrons. The van der Waals surface area contributed by atoms with E-state index in [0.29, 0.717) is 25.7 Å². The molecular weight excluding hydrogens is 464 g/mol. The number of carbonyl (C=O) groups is 1. The number of para-hydroxylation sites is 2. The van der Waals surface area contributed by atoms with Gasteiger partial charge in [-0.2, -0.15) is 4.98 Å². The first-order valence-electron chi connectivity index (χ1n) is 14.2. The molecule has 0 atom stereocenters. The summed E-state index contributed by atoms with van der Waals surface area (Å²) in [7, 11) is 0. The van der Waals surface area contributed by atoms with Gasteiger partial charge in [0.25, 0.3) is 0 Å². The van der Waals surface area contributed by atoms with E-state index in [2.05, 4.69) is 42.8 Å². The van der Waals surface area contributed by atoms with Gasteiger partial charge in [0.05, 0.1) is 24.2 Å². The average Bonchev–Trinajstić information content (AvgIpc) is 3.28. The van der Waals surface area contributed by atoms with E-state index >= 15 is 0 Å². The van der Waals surface area contributed by atoms with E-state index in [4.69, 9.17) is 9.72 Å². The quantitative estimate of drug-likeness (QED) is 0.476. The zero-order valence-corrected chi connectivity index (χ0v) is 21.6. The summed E-state index contributed by atoms with van der Waals surface area (Å²) in [5, 5.41) is 3.23. The third-order valence-electron chi connectivity index (χ3n) is 9.46. The van der Waals surface area contributed by atoms with Crippen molar-refractivity contribution in [2.75, 3.05) is 57.4 Å². The zero-order valence-electron chi connectivity index (χ0n) is 21.6. The van der Waals surface area contributed by atoms with Crippen LogP contribution >= 0.6 is 0 Å². The SMILES string of the molecule is O=C(NCCOCCN1CCN(c2ccn3c(n2)nc2ccccc23)CC1)C12CC3CC(CC(C3)C1)C2. The number of imidazole rings is 1. The smallest absolute Gasteiger partial charge is 0.236 e. The molecule has 8 heteroatoms. The van der Waals surface area contributed by atoms with Crippen LogP contribution in [0.1, 0.15) is 38.5 Å². The fourth-order valence-electron chi connectivity index (χ4n) is 8.02. The third kappa shape index (κ3) is 4.48. The van der Waals surface area contributed by atoms with Crippen LogP contribution in [-0.4, -0.2) is 77.7 Å². The molecule has 1 N–H and O–H groups in total. The highest BCUT2D eigenvalue weighted by Gasteiger charge is 2.54. The number of benzene rings is 1. The van der Waals surface area contributed by atoms with Gasteiger partial charge in [-0.1, -0.05) is 12.1 Å². The number of nitrogens with one attached hydrogen (secondary N) is 1. The summed E-state index contributed by atoms with van der Waals surface area (Å²) in [5.74, 6) is 4.47. The Hall–Kier alpha value is -2.71. The van der Waals surface area contributed by atoms with Crippen LogP contribution < -0.4 is 10.2 Å². The predicted octanol–water partition coefficient (Wildman–Crippen LogP) is 3.35. The molecule has 0 unspecified atom stereocenters. The van der Waals surface area contributed by atoms with Crippen LogP contribution in [0, 0.1) is 23.2 Å². The minimum atomic E-state index is -0.0567. The lowest BCUT2D eigenvalue weighted by molar-refractivity contribution is -0.146. The van der Waals surface area contributed by atoms with E-state index in [-0.39, 0.29) is 5.41 Å². The summed E-state index contributed by atoms with van der Waals surface area (Å²) in [4.78, 5) is 27.4. The first-order chi connectivity index (χ1) is 18.1. The Balaban J connectivity index is 0.828. The topological polar surface area (TPSA) is 75.0 Å². The van der Waals surface area contributed by atoms with Crippen LogP contribution in [0.2, 0.25) is 0 Å². The Kier molecular flexibility index (Phi) is 6.04.